The fraction of sp³-hybridized carbons (Fsp3) is 0.523. The van der Waals surface area contributed by atoms with Crippen molar-refractivity contribution >= 4 is 53.6 Å². The lowest BCUT2D eigenvalue weighted by molar-refractivity contribution is 0.605. The number of rotatable bonds is 32. The Bertz CT molecular complexity index is 2550. The van der Waals surface area contributed by atoms with Crippen LogP contribution in [0.25, 0.3) is 62.9 Å². The highest BCUT2D eigenvalue weighted by atomic mass is 32.1. The first kappa shape index (κ1) is 53.2. The van der Waals surface area contributed by atoms with Crippen molar-refractivity contribution < 1.29 is 0 Å². The topological polar surface area (TPSA) is 12.9 Å². The Morgan fingerprint density at radius 3 is 1.33 bits per heavy atom. The summed E-state index contributed by atoms with van der Waals surface area (Å²) in [4.78, 5) is 8.22. The minimum Gasteiger partial charge on any atom is -0.236 e. The van der Waals surface area contributed by atoms with Crippen LogP contribution >= 0.6 is 34.0 Å². The minimum atomic E-state index is 1.10. The third-order valence-corrected chi connectivity index (χ3v) is 18.1. The van der Waals surface area contributed by atoms with Gasteiger partial charge in [0.15, 0.2) is 0 Å². The highest BCUT2D eigenvalue weighted by Gasteiger charge is 2.20. The number of aryl methyl sites for hydroxylation is 6. The number of aromatic nitrogens is 1. The summed E-state index contributed by atoms with van der Waals surface area (Å²) in [6.45, 7) is 14.0. The number of hydrogen-bond donors (Lipinski definition) is 0. The molecule has 0 amide bonds. The van der Waals surface area contributed by atoms with Crippen LogP contribution in [-0.2, 0) is 25.7 Å². The minimum absolute atomic E-state index is 1.10. The van der Waals surface area contributed by atoms with E-state index in [4.69, 9.17) is 4.98 Å². The number of benzene rings is 4. The first-order chi connectivity index (χ1) is 33.9. The van der Waals surface area contributed by atoms with Gasteiger partial charge in [-0.05, 0) is 169 Å². The van der Waals surface area contributed by atoms with Crippen LogP contribution < -0.4 is 0 Å². The van der Waals surface area contributed by atoms with E-state index in [0.717, 1.165) is 29.8 Å². The van der Waals surface area contributed by atoms with Crippen LogP contribution in [0.1, 0.15) is 214 Å². The van der Waals surface area contributed by atoms with Gasteiger partial charge >= 0.3 is 0 Å². The Balaban J connectivity index is 1.37. The molecule has 0 saturated heterocycles. The lowest BCUT2D eigenvalue weighted by atomic mass is 9.85. The van der Waals surface area contributed by atoms with Crippen molar-refractivity contribution in [2.75, 3.05) is 0 Å². The zero-order valence-electron chi connectivity index (χ0n) is 44.0. The molecular weight excluding hydrogens is 891 g/mol. The molecule has 0 saturated carbocycles. The maximum Gasteiger partial charge on any atom is 0.124 e. The molecule has 0 radical (unpaired) electrons. The molecule has 1 nitrogen and oxygen atoms in total. The van der Waals surface area contributed by atoms with Gasteiger partial charge < -0.3 is 0 Å². The summed E-state index contributed by atoms with van der Waals surface area (Å²) in [5.41, 5.74) is 17.1. The highest BCUT2D eigenvalue weighted by Crippen LogP contribution is 2.44. The number of thiophene rings is 2. The van der Waals surface area contributed by atoms with Gasteiger partial charge in [-0.2, -0.15) is 0 Å². The van der Waals surface area contributed by atoms with Gasteiger partial charge in [0.1, 0.15) is 5.01 Å². The van der Waals surface area contributed by atoms with Gasteiger partial charge in [-0.3, -0.25) is 0 Å². The SMILES string of the molecule is CCCCCCCCc1cc(-c2cc(-c3nc4ccccc4s3)cc(-c3cc(CCCCCCCC)c(-c4cc5sc(C)cc5s4)cc3CCCCCCCC)c2)c(CCCCCCCC)cc1C. The van der Waals surface area contributed by atoms with Crippen LogP contribution in [0, 0.1) is 13.8 Å². The average molecular weight is 979 g/mol. The quantitative estimate of drug-likeness (QED) is 0.0383. The highest BCUT2D eigenvalue weighted by molar-refractivity contribution is 7.29. The van der Waals surface area contributed by atoms with Crippen LogP contribution in [0.5, 0.6) is 0 Å². The summed E-state index contributed by atoms with van der Waals surface area (Å²) in [5, 5.41) is 1.13. The smallest absolute Gasteiger partial charge is 0.124 e. The fourth-order valence-corrected chi connectivity index (χ4v) is 14.0. The van der Waals surface area contributed by atoms with Crippen molar-refractivity contribution in [1.29, 1.82) is 0 Å². The van der Waals surface area contributed by atoms with E-state index < -0.39 is 0 Å². The first-order valence-electron chi connectivity index (χ1n) is 28.2. The molecule has 0 aliphatic heterocycles. The van der Waals surface area contributed by atoms with Crippen molar-refractivity contribution in [3.8, 4) is 43.3 Å². The second-order valence-corrected chi connectivity index (χ2v) is 24.1. The molecule has 0 aliphatic carbocycles. The summed E-state index contributed by atoms with van der Waals surface area (Å²) >= 11 is 5.82. The molecule has 0 aliphatic rings. The molecule has 0 spiro atoms. The van der Waals surface area contributed by atoms with Gasteiger partial charge in [0, 0.05) is 24.7 Å². The van der Waals surface area contributed by atoms with E-state index in [1.165, 1.54) is 240 Å². The van der Waals surface area contributed by atoms with Gasteiger partial charge in [0.05, 0.1) is 10.2 Å². The van der Waals surface area contributed by atoms with Crippen LogP contribution in [0.4, 0.5) is 0 Å². The number of fused-ring (bicyclic) bond motifs is 2. The third-order valence-electron chi connectivity index (χ3n) is 14.8. The predicted octanol–water partition coefficient (Wildman–Crippen LogP) is 22.5. The summed E-state index contributed by atoms with van der Waals surface area (Å²) in [6.07, 6.45) is 36.2. The zero-order chi connectivity index (χ0) is 48.2. The van der Waals surface area contributed by atoms with Gasteiger partial charge in [0.25, 0.3) is 0 Å². The van der Waals surface area contributed by atoms with Crippen molar-refractivity contribution in [3.63, 3.8) is 0 Å². The number of nitrogens with zero attached hydrogens (tertiary/aromatic N) is 1. The molecular formula is C65H87NS3. The molecule has 0 fully saturated rings. The number of unbranched alkanes of at least 4 members (excludes halogenated alkanes) is 20. The zero-order valence-corrected chi connectivity index (χ0v) is 46.4. The maximum absolute atomic E-state index is 5.36. The molecule has 0 N–H and O–H groups in total. The lowest BCUT2D eigenvalue weighted by Crippen LogP contribution is -2.00. The largest absolute Gasteiger partial charge is 0.236 e. The summed E-state index contributed by atoms with van der Waals surface area (Å²) in [7, 11) is 0. The van der Waals surface area contributed by atoms with Crippen molar-refractivity contribution in [3.05, 3.63) is 112 Å². The van der Waals surface area contributed by atoms with Gasteiger partial charge in [-0.15, -0.1) is 34.0 Å². The fourth-order valence-electron chi connectivity index (χ4n) is 10.7. The Labute approximate surface area is 432 Å². The molecule has 0 bridgehead atoms. The van der Waals surface area contributed by atoms with Crippen LogP contribution in [0.15, 0.2) is 78.9 Å². The molecule has 0 unspecified atom stereocenters. The normalized spacial score (nSPS) is 11.8. The maximum atomic E-state index is 5.36. The molecule has 7 aromatic rings. The Morgan fingerprint density at radius 2 is 0.797 bits per heavy atom. The molecule has 370 valence electrons. The number of hydrogen-bond acceptors (Lipinski definition) is 4. The first-order valence-corrected chi connectivity index (χ1v) is 30.6. The van der Waals surface area contributed by atoms with Crippen LogP contribution in [-0.4, -0.2) is 4.98 Å². The van der Waals surface area contributed by atoms with Gasteiger partial charge in [0.2, 0.25) is 0 Å². The summed E-state index contributed by atoms with van der Waals surface area (Å²) in [6, 6.07) is 31.9. The van der Waals surface area contributed by atoms with E-state index in [1.807, 2.05) is 34.0 Å². The molecule has 7 rings (SSSR count). The average Bonchev–Trinajstić information content (AvgIpc) is 4.07. The Hall–Kier alpha value is -3.57. The van der Waals surface area contributed by atoms with Gasteiger partial charge in [-0.25, -0.2) is 4.98 Å². The van der Waals surface area contributed by atoms with E-state index in [1.54, 1.807) is 5.56 Å². The van der Waals surface area contributed by atoms with Crippen molar-refractivity contribution in [2.45, 2.75) is 221 Å². The van der Waals surface area contributed by atoms with Crippen LogP contribution in [0.2, 0.25) is 0 Å². The Kier molecular flexibility index (Phi) is 22.0. The third kappa shape index (κ3) is 15.5. The predicted molar refractivity (Wildman–Crippen MR) is 312 cm³/mol. The van der Waals surface area contributed by atoms with E-state index in [9.17, 15) is 0 Å². The summed E-state index contributed by atoms with van der Waals surface area (Å²) in [5.74, 6) is 0. The molecule has 69 heavy (non-hydrogen) atoms. The van der Waals surface area contributed by atoms with Crippen LogP contribution in [0.3, 0.4) is 0 Å². The van der Waals surface area contributed by atoms with Crippen molar-refractivity contribution in [2.24, 2.45) is 0 Å². The molecule has 3 heterocycles. The number of para-hydroxylation sites is 1. The lowest BCUT2D eigenvalue weighted by Gasteiger charge is -2.20. The number of thiazole rings is 1. The molecule has 3 aromatic heterocycles. The summed E-state index contributed by atoms with van der Waals surface area (Å²) < 4.78 is 4.15. The van der Waals surface area contributed by atoms with E-state index in [0.29, 0.717) is 0 Å². The second-order valence-electron chi connectivity index (χ2n) is 20.7. The molecule has 4 aromatic carbocycles. The van der Waals surface area contributed by atoms with E-state index >= 15 is 0 Å². The second kappa shape index (κ2) is 28.5. The van der Waals surface area contributed by atoms with E-state index in [-0.39, 0.29) is 0 Å². The van der Waals surface area contributed by atoms with E-state index in [2.05, 4.69) is 120 Å². The van der Waals surface area contributed by atoms with Gasteiger partial charge in [-0.1, -0.05) is 186 Å². The molecule has 4 heteroatoms. The standard InChI is InChI=1S/C65H87NS3/c1-7-11-15-19-23-27-33-50-44-57(51(39-48(50)5)34-28-24-20-16-12-8-2)54-41-55(43-56(42-54)65-66-60-37-31-32-38-61(60)69-65)58-45-53(36-30-26-22-18-14-10-4)59(46-52(58)35-29-25-21-17-13-9-3)62-47-64-63(68-62)40-49(6)67-64/h31-32,37-47H,7-30,33-36H2,1-6H3. The monoisotopic (exact) mass is 978 g/mol. The Morgan fingerprint density at radius 1 is 0.362 bits per heavy atom. The van der Waals surface area contributed by atoms with Crippen molar-refractivity contribution in [1.82, 2.24) is 4.98 Å². The molecule has 0 atom stereocenters.